The van der Waals surface area contributed by atoms with Gasteiger partial charge in [-0.1, -0.05) is 20.8 Å². The van der Waals surface area contributed by atoms with Gasteiger partial charge in [0.15, 0.2) is 5.96 Å². The minimum Gasteiger partial charge on any atom is -0.357 e. The van der Waals surface area contributed by atoms with Crippen LogP contribution in [0.3, 0.4) is 0 Å². The van der Waals surface area contributed by atoms with Gasteiger partial charge in [0.1, 0.15) is 0 Å². The van der Waals surface area contributed by atoms with Crippen molar-refractivity contribution in [3.8, 4) is 0 Å². The van der Waals surface area contributed by atoms with Gasteiger partial charge in [-0.2, -0.15) is 0 Å². The van der Waals surface area contributed by atoms with E-state index in [1.54, 1.807) is 11.2 Å². The van der Waals surface area contributed by atoms with Crippen LogP contribution in [0.1, 0.15) is 60.3 Å². The Morgan fingerprint density at radius 1 is 1.21 bits per heavy atom. The Morgan fingerprint density at radius 3 is 2.33 bits per heavy atom. The van der Waals surface area contributed by atoms with Crippen molar-refractivity contribution in [2.45, 2.75) is 66.3 Å². The predicted octanol–water partition coefficient (Wildman–Crippen LogP) is 2.18. The second-order valence-electron chi connectivity index (χ2n) is 7.64. The normalized spacial score (nSPS) is 18.6. The fraction of sp³-hybridized carbons (Fsp3) is 0.941. The molecule has 0 aromatic rings. The van der Waals surface area contributed by atoms with Gasteiger partial charge in [-0.25, -0.2) is 12.7 Å². The fourth-order valence-corrected chi connectivity index (χ4v) is 3.91. The van der Waals surface area contributed by atoms with E-state index < -0.39 is 10.0 Å². The first-order valence-electron chi connectivity index (χ1n) is 9.20. The Balaban J connectivity index is 2.46. The topological polar surface area (TPSA) is 73.8 Å². The molecule has 0 spiro atoms. The lowest BCUT2D eigenvalue weighted by atomic mass is 9.91. The molecule has 142 valence electrons. The van der Waals surface area contributed by atoms with Crippen molar-refractivity contribution >= 4 is 16.0 Å². The summed E-state index contributed by atoms with van der Waals surface area (Å²) in [6.45, 7) is 13.3. The summed E-state index contributed by atoms with van der Waals surface area (Å²) >= 11 is 0. The molecule has 0 aromatic carbocycles. The third-order valence-electron chi connectivity index (χ3n) is 4.25. The molecule has 0 amide bonds. The van der Waals surface area contributed by atoms with Crippen LogP contribution in [0.25, 0.3) is 0 Å². The highest BCUT2D eigenvalue weighted by molar-refractivity contribution is 7.89. The second-order valence-corrected chi connectivity index (χ2v) is 9.90. The number of nitrogens with zero attached hydrogens (tertiary/aromatic N) is 2. The molecule has 1 aliphatic heterocycles. The smallest absolute Gasteiger partial charge is 0.213 e. The Kier molecular flexibility index (Phi) is 8.50. The van der Waals surface area contributed by atoms with Crippen LogP contribution in [-0.2, 0) is 10.0 Å². The van der Waals surface area contributed by atoms with Crippen molar-refractivity contribution in [2.75, 3.05) is 31.9 Å². The number of piperidine rings is 1. The van der Waals surface area contributed by atoms with Crippen molar-refractivity contribution in [2.24, 2.45) is 10.4 Å². The van der Waals surface area contributed by atoms with E-state index in [2.05, 4.69) is 43.3 Å². The third kappa shape index (κ3) is 7.83. The number of nitrogens with one attached hydrogen (secondary N) is 2. The highest BCUT2D eigenvalue weighted by Crippen LogP contribution is 2.20. The predicted molar refractivity (Wildman–Crippen MR) is 102 cm³/mol. The third-order valence-corrected chi connectivity index (χ3v) is 6.13. The number of hydrogen-bond acceptors (Lipinski definition) is 3. The van der Waals surface area contributed by atoms with Crippen LogP contribution in [0.4, 0.5) is 0 Å². The number of sulfonamides is 1. The van der Waals surface area contributed by atoms with E-state index in [1.165, 1.54) is 0 Å². The number of hydrogen-bond donors (Lipinski definition) is 2. The van der Waals surface area contributed by atoms with Crippen LogP contribution < -0.4 is 10.6 Å². The largest absolute Gasteiger partial charge is 0.357 e. The molecule has 1 aliphatic rings. The maximum absolute atomic E-state index is 11.9. The van der Waals surface area contributed by atoms with Gasteiger partial charge < -0.3 is 10.6 Å². The van der Waals surface area contributed by atoms with Crippen molar-refractivity contribution < 1.29 is 8.42 Å². The van der Waals surface area contributed by atoms with E-state index in [0.29, 0.717) is 18.5 Å². The summed E-state index contributed by atoms with van der Waals surface area (Å²) in [5.74, 6) is 1.03. The van der Waals surface area contributed by atoms with Gasteiger partial charge in [0.25, 0.3) is 0 Å². The molecular formula is C17H36N4O2S. The lowest BCUT2D eigenvalue weighted by Gasteiger charge is -2.32. The maximum atomic E-state index is 11.9. The van der Waals surface area contributed by atoms with E-state index in [0.717, 1.165) is 44.7 Å². The molecular weight excluding hydrogens is 324 g/mol. The molecule has 24 heavy (non-hydrogen) atoms. The summed E-state index contributed by atoms with van der Waals surface area (Å²) in [6.07, 6.45) is 3.88. The number of rotatable bonds is 7. The van der Waals surface area contributed by atoms with Gasteiger partial charge in [0, 0.05) is 32.2 Å². The Bertz CT molecular complexity index is 489. The number of aliphatic imine (C=N–C) groups is 1. The second kappa shape index (κ2) is 9.61. The van der Waals surface area contributed by atoms with Crippen LogP contribution in [0.15, 0.2) is 4.99 Å². The Labute approximate surface area is 148 Å². The standard InChI is InChI=1S/C17H36N4O2S/c1-6-18-16(19-12-8-11-17(3,4)5)20-15-9-13-21(14-10-15)24(22,23)7-2/h15H,6-14H2,1-5H3,(H2,18,19,20). The van der Waals surface area contributed by atoms with Gasteiger partial charge in [-0.3, -0.25) is 4.99 Å². The zero-order valence-corrected chi connectivity index (χ0v) is 16.9. The molecule has 7 heteroatoms. The zero-order chi connectivity index (χ0) is 18.2. The van der Waals surface area contributed by atoms with Gasteiger partial charge in [-0.15, -0.1) is 0 Å². The molecule has 1 rings (SSSR count). The van der Waals surface area contributed by atoms with Crippen molar-refractivity contribution in [3.63, 3.8) is 0 Å². The van der Waals surface area contributed by atoms with Crippen LogP contribution in [-0.4, -0.2) is 56.7 Å². The molecule has 0 bridgehead atoms. The summed E-state index contributed by atoms with van der Waals surface area (Å²) < 4.78 is 25.4. The van der Waals surface area contributed by atoms with Crippen molar-refractivity contribution in [1.29, 1.82) is 0 Å². The van der Waals surface area contributed by atoms with E-state index in [-0.39, 0.29) is 11.8 Å². The average molecular weight is 361 g/mol. The average Bonchev–Trinajstić information content (AvgIpc) is 2.51. The van der Waals surface area contributed by atoms with E-state index >= 15 is 0 Å². The summed E-state index contributed by atoms with van der Waals surface area (Å²) in [5, 5.41) is 6.75. The van der Waals surface area contributed by atoms with Gasteiger partial charge in [-0.05, 0) is 44.9 Å². The molecule has 2 N–H and O–H groups in total. The lowest BCUT2D eigenvalue weighted by molar-refractivity contribution is 0.306. The molecule has 0 unspecified atom stereocenters. The SMILES string of the molecule is CCNC(=NCCCC(C)(C)C)NC1CCN(S(=O)(=O)CC)CC1. The summed E-state index contributed by atoms with van der Waals surface area (Å²) in [5.41, 5.74) is 0.346. The maximum Gasteiger partial charge on any atom is 0.213 e. The summed E-state index contributed by atoms with van der Waals surface area (Å²) in [4.78, 5) is 4.66. The van der Waals surface area contributed by atoms with Gasteiger partial charge in [0.05, 0.1) is 5.75 Å². The minimum atomic E-state index is -3.06. The highest BCUT2D eigenvalue weighted by Gasteiger charge is 2.26. The number of guanidine groups is 1. The van der Waals surface area contributed by atoms with Gasteiger partial charge in [0.2, 0.25) is 10.0 Å². The van der Waals surface area contributed by atoms with E-state index in [4.69, 9.17) is 0 Å². The summed E-state index contributed by atoms with van der Waals surface area (Å²) in [6, 6.07) is 0.286. The highest BCUT2D eigenvalue weighted by atomic mass is 32.2. The Hall–Kier alpha value is -0.820. The molecule has 0 aliphatic carbocycles. The molecule has 1 saturated heterocycles. The molecule has 6 nitrogen and oxygen atoms in total. The zero-order valence-electron chi connectivity index (χ0n) is 16.1. The fourth-order valence-electron chi connectivity index (χ4n) is 2.77. The first-order chi connectivity index (χ1) is 11.2. The van der Waals surface area contributed by atoms with Crippen molar-refractivity contribution in [1.82, 2.24) is 14.9 Å². The Morgan fingerprint density at radius 2 is 1.83 bits per heavy atom. The first kappa shape index (κ1) is 21.2. The van der Waals surface area contributed by atoms with E-state index in [9.17, 15) is 8.42 Å². The van der Waals surface area contributed by atoms with Crippen LogP contribution in [0.2, 0.25) is 0 Å². The first-order valence-corrected chi connectivity index (χ1v) is 10.8. The van der Waals surface area contributed by atoms with Crippen LogP contribution >= 0.6 is 0 Å². The summed E-state index contributed by atoms with van der Waals surface area (Å²) in [7, 11) is -3.06. The quantitative estimate of drug-likeness (QED) is 0.415. The van der Waals surface area contributed by atoms with Crippen LogP contribution in [0.5, 0.6) is 0 Å². The lowest BCUT2D eigenvalue weighted by Crippen LogP contribution is -2.50. The molecule has 0 atom stereocenters. The van der Waals surface area contributed by atoms with Crippen molar-refractivity contribution in [3.05, 3.63) is 0 Å². The monoisotopic (exact) mass is 360 g/mol. The molecule has 0 saturated carbocycles. The molecule has 0 aromatic heterocycles. The minimum absolute atomic E-state index is 0.184. The van der Waals surface area contributed by atoms with Crippen LogP contribution in [0, 0.1) is 5.41 Å². The molecule has 1 heterocycles. The molecule has 1 fully saturated rings. The van der Waals surface area contributed by atoms with Gasteiger partial charge >= 0.3 is 0 Å². The van der Waals surface area contributed by atoms with E-state index in [1.807, 2.05) is 0 Å². The molecule has 0 radical (unpaired) electrons.